The monoisotopic (exact) mass is 386 g/mol. The quantitative estimate of drug-likeness (QED) is 0.663. The van der Waals surface area contributed by atoms with E-state index in [1.165, 1.54) is 30.3 Å². The van der Waals surface area contributed by atoms with Gasteiger partial charge in [-0.15, -0.1) is 0 Å². The molecule has 27 heavy (non-hydrogen) atoms. The summed E-state index contributed by atoms with van der Waals surface area (Å²) in [6.45, 7) is -5.53. The van der Waals surface area contributed by atoms with Crippen LogP contribution in [0.1, 0.15) is 5.56 Å². The molecule has 0 unspecified atom stereocenters. The van der Waals surface area contributed by atoms with Gasteiger partial charge in [-0.1, -0.05) is 24.3 Å². The van der Waals surface area contributed by atoms with Gasteiger partial charge in [-0.25, -0.2) is 0 Å². The molecule has 2 rings (SSSR count). The number of hydrogen-bond donors (Lipinski definition) is 1. The number of nitrogens with zero attached hydrogens (tertiary/aromatic N) is 1. The molecule has 0 aromatic heterocycles. The van der Waals surface area contributed by atoms with Crippen LogP contribution in [0.2, 0.25) is 0 Å². The van der Waals surface area contributed by atoms with Crippen LogP contribution in [0.15, 0.2) is 48.5 Å². The Morgan fingerprint density at radius 2 is 1.63 bits per heavy atom. The minimum atomic E-state index is -3.00. The third-order valence-corrected chi connectivity index (χ3v) is 3.39. The molecule has 0 atom stereocenters. The van der Waals surface area contributed by atoms with Crippen molar-refractivity contribution in [1.82, 2.24) is 4.90 Å². The van der Waals surface area contributed by atoms with E-state index in [0.717, 1.165) is 5.56 Å². The first-order chi connectivity index (χ1) is 12.8. The van der Waals surface area contributed by atoms with Gasteiger partial charge < -0.3 is 14.8 Å². The number of benzene rings is 2. The van der Waals surface area contributed by atoms with Crippen LogP contribution < -0.4 is 14.8 Å². The lowest BCUT2D eigenvalue weighted by Crippen LogP contribution is -2.30. The van der Waals surface area contributed by atoms with Crippen LogP contribution in [0.25, 0.3) is 0 Å². The zero-order valence-corrected chi connectivity index (χ0v) is 14.4. The fraction of sp³-hybridized carbons (Fsp3) is 0.278. The average molecular weight is 386 g/mol. The second-order valence-corrected chi connectivity index (χ2v) is 5.62. The van der Waals surface area contributed by atoms with Gasteiger partial charge in [0, 0.05) is 6.54 Å². The van der Waals surface area contributed by atoms with E-state index in [2.05, 4.69) is 14.8 Å². The van der Waals surface area contributed by atoms with E-state index in [-0.39, 0.29) is 23.7 Å². The Balaban J connectivity index is 1.89. The van der Waals surface area contributed by atoms with E-state index in [1.54, 1.807) is 30.1 Å². The maximum absolute atomic E-state index is 12.4. The number of halogens is 4. The van der Waals surface area contributed by atoms with Crippen LogP contribution in [0.5, 0.6) is 11.5 Å². The summed E-state index contributed by atoms with van der Waals surface area (Å²) in [4.78, 5) is 13.8. The molecule has 1 amide bonds. The minimum absolute atomic E-state index is 0.0156. The lowest BCUT2D eigenvalue weighted by Gasteiger charge is -2.17. The second-order valence-electron chi connectivity index (χ2n) is 5.62. The summed E-state index contributed by atoms with van der Waals surface area (Å²) in [6.07, 6.45) is 0. The van der Waals surface area contributed by atoms with Gasteiger partial charge >= 0.3 is 13.2 Å². The smallest absolute Gasteiger partial charge is 0.387 e. The summed E-state index contributed by atoms with van der Waals surface area (Å²) in [7, 11) is 1.69. The summed E-state index contributed by atoms with van der Waals surface area (Å²) in [6, 6.07) is 11.9. The molecule has 0 aliphatic heterocycles. The van der Waals surface area contributed by atoms with Crippen LogP contribution in [0, 0.1) is 0 Å². The minimum Gasteiger partial charge on any atom is -0.435 e. The molecule has 0 bridgehead atoms. The highest BCUT2D eigenvalue weighted by Gasteiger charge is 2.13. The average Bonchev–Trinajstić information content (AvgIpc) is 2.57. The summed E-state index contributed by atoms with van der Waals surface area (Å²) in [5.41, 5.74) is 0.929. The number of hydrogen-bond acceptors (Lipinski definition) is 4. The summed E-state index contributed by atoms with van der Waals surface area (Å²) in [5, 5.41) is 2.52. The van der Waals surface area contributed by atoms with Crippen molar-refractivity contribution < 1.29 is 31.8 Å². The van der Waals surface area contributed by atoms with Gasteiger partial charge in [-0.3, -0.25) is 9.69 Å². The zero-order valence-electron chi connectivity index (χ0n) is 14.4. The molecule has 5 nitrogen and oxygen atoms in total. The van der Waals surface area contributed by atoms with Gasteiger partial charge in [0.2, 0.25) is 5.91 Å². The lowest BCUT2D eigenvalue weighted by atomic mass is 10.2. The van der Waals surface area contributed by atoms with Crippen LogP contribution in [-0.4, -0.2) is 37.6 Å². The topological polar surface area (TPSA) is 50.8 Å². The number of carbonyl (C=O) groups excluding carboxylic acids is 1. The Morgan fingerprint density at radius 3 is 2.26 bits per heavy atom. The van der Waals surface area contributed by atoms with Gasteiger partial charge in [0.25, 0.3) is 0 Å². The van der Waals surface area contributed by atoms with Gasteiger partial charge in [0.05, 0.1) is 12.2 Å². The Bertz CT molecular complexity index is 742. The fourth-order valence-electron chi connectivity index (χ4n) is 2.35. The fourth-order valence-corrected chi connectivity index (χ4v) is 2.35. The van der Waals surface area contributed by atoms with Crippen molar-refractivity contribution in [3.63, 3.8) is 0 Å². The van der Waals surface area contributed by atoms with E-state index < -0.39 is 19.1 Å². The van der Waals surface area contributed by atoms with Crippen LogP contribution in [0.4, 0.5) is 23.2 Å². The maximum Gasteiger partial charge on any atom is 0.387 e. The first kappa shape index (κ1) is 20.5. The van der Waals surface area contributed by atoms with Crippen LogP contribution in [0.3, 0.4) is 0 Å². The zero-order chi connectivity index (χ0) is 19.8. The number of ether oxygens (including phenoxy) is 2. The number of anilines is 1. The molecule has 0 radical (unpaired) electrons. The van der Waals surface area contributed by atoms with Crippen molar-refractivity contribution in [2.75, 3.05) is 18.9 Å². The molecule has 0 heterocycles. The van der Waals surface area contributed by atoms with Crippen LogP contribution >= 0.6 is 0 Å². The molecule has 2 aromatic rings. The maximum atomic E-state index is 12.4. The largest absolute Gasteiger partial charge is 0.435 e. The summed E-state index contributed by atoms with van der Waals surface area (Å²) in [5.74, 6) is -0.497. The Morgan fingerprint density at radius 1 is 1.00 bits per heavy atom. The first-order valence-electron chi connectivity index (χ1n) is 7.89. The van der Waals surface area contributed by atoms with Gasteiger partial charge in [0.1, 0.15) is 11.5 Å². The molecule has 2 aromatic carbocycles. The Labute approximate surface area is 153 Å². The molecule has 0 saturated carbocycles. The lowest BCUT2D eigenvalue weighted by molar-refractivity contribution is -0.117. The molecule has 0 spiro atoms. The van der Waals surface area contributed by atoms with E-state index in [4.69, 9.17) is 0 Å². The van der Waals surface area contributed by atoms with Gasteiger partial charge in [-0.05, 0) is 36.9 Å². The summed E-state index contributed by atoms with van der Waals surface area (Å²) < 4.78 is 57.7. The molecular formula is C18H18F4N2O3. The highest BCUT2D eigenvalue weighted by Crippen LogP contribution is 2.25. The standard InChI is InChI=1S/C18H18F4N2O3/c1-24(10-12-6-8-13(9-7-12)26-17(19)20)11-16(25)23-14-4-2-3-5-15(14)27-18(21)22/h2-9,17-18H,10-11H2,1H3,(H,23,25). The van der Waals surface area contributed by atoms with E-state index in [9.17, 15) is 22.4 Å². The molecule has 0 saturated heterocycles. The third-order valence-electron chi connectivity index (χ3n) is 3.39. The first-order valence-corrected chi connectivity index (χ1v) is 7.89. The molecular weight excluding hydrogens is 368 g/mol. The van der Waals surface area contributed by atoms with E-state index in [0.29, 0.717) is 6.54 Å². The molecule has 0 aliphatic rings. The van der Waals surface area contributed by atoms with Gasteiger partial charge in [-0.2, -0.15) is 17.6 Å². The molecule has 0 aliphatic carbocycles. The number of rotatable bonds is 9. The number of carbonyl (C=O) groups is 1. The van der Waals surface area contributed by atoms with Gasteiger partial charge in [0.15, 0.2) is 0 Å². The molecule has 146 valence electrons. The second kappa shape index (κ2) is 9.77. The van der Waals surface area contributed by atoms with Crippen molar-refractivity contribution in [2.45, 2.75) is 19.8 Å². The number of nitrogens with one attached hydrogen (secondary N) is 1. The highest BCUT2D eigenvalue weighted by molar-refractivity contribution is 5.93. The van der Waals surface area contributed by atoms with Crippen LogP contribution in [-0.2, 0) is 11.3 Å². The number of likely N-dealkylation sites (N-methyl/N-ethyl adjacent to an activating group) is 1. The van der Waals surface area contributed by atoms with Crippen molar-refractivity contribution >= 4 is 11.6 Å². The predicted molar refractivity (Wildman–Crippen MR) is 91.1 cm³/mol. The summed E-state index contributed by atoms with van der Waals surface area (Å²) >= 11 is 0. The van der Waals surface area contributed by atoms with Crippen molar-refractivity contribution in [3.8, 4) is 11.5 Å². The Kier molecular flexibility index (Phi) is 7.42. The molecule has 9 heteroatoms. The third kappa shape index (κ3) is 7.14. The van der Waals surface area contributed by atoms with Crippen molar-refractivity contribution in [3.05, 3.63) is 54.1 Å². The number of amides is 1. The number of para-hydroxylation sites is 2. The Hall–Kier alpha value is -2.81. The number of alkyl halides is 4. The molecule has 1 N–H and O–H groups in total. The SMILES string of the molecule is CN(CC(=O)Nc1ccccc1OC(F)F)Cc1ccc(OC(F)F)cc1. The van der Waals surface area contributed by atoms with E-state index >= 15 is 0 Å². The normalized spacial score (nSPS) is 11.1. The molecule has 0 fully saturated rings. The van der Waals surface area contributed by atoms with Crippen molar-refractivity contribution in [1.29, 1.82) is 0 Å². The predicted octanol–water partition coefficient (Wildman–Crippen LogP) is 3.96. The highest BCUT2D eigenvalue weighted by atomic mass is 19.3. The van der Waals surface area contributed by atoms with E-state index in [1.807, 2.05) is 0 Å². The van der Waals surface area contributed by atoms with Crippen molar-refractivity contribution in [2.24, 2.45) is 0 Å².